The molecule has 4 heterocycles. The Morgan fingerprint density at radius 1 is 1.29 bits per heavy atom. The van der Waals surface area contributed by atoms with Crippen molar-refractivity contribution in [2.24, 2.45) is 5.92 Å². The third-order valence-electron chi connectivity index (χ3n) is 5.54. The summed E-state index contributed by atoms with van der Waals surface area (Å²) in [4.78, 5) is 33.9. The summed E-state index contributed by atoms with van der Waals surface area (Å²) in [7, 11) is 0. The maximum Gasteiger partial charge on any atom is 0.289 e. The highest BCUT2D eigenvalue weighted by Crippen LogP contribution is 2.25. The lowest BCUT2D eigenvalue weighted by molar-refractivity contribution is -0.108. The highest BCUT2D eigenvalue weighted by Gasteiger charge is 2.21. The van der Waals surface area contributed by atoms with Crippen LogP contribution in [0.25, 0.3) is 17.4 Å². The van der Waals surface area contributed by atoms with E-state index >= 15 is 0 Å². The van der Waals surface area contributed by atoms with E-state index in [1.54, 1.807) is 30.5 Å². The molecule has 1 saturated heterocycles. The van der Waals surface area contributed by atoms with Crippen LogP contribution in [0.1, 0.15) is 31.2 Å². The number of rotatable bonds is 9. The molecule has 0 unspecified atom stereocenters. The number of carbonyl (C=O) groups excluding carboxylic acids is 2. The predicted octanol–water partition coefficient (Wildman–Crippen LogP) is 4.76. The second-order valence-corrected chi connectivity index (χ2v) is 10.0. The van der Waals surface area contributed by atoms with E-state index in [9.17, 15) is 9.59 Å². The van der Waals surface area contributed by atoms with Crippen molar-refractivity contribution in [3.05, 3.63) is 57.6 Å². The number of nitrogens with zero attached hydrogens (tertiary/aromatic N) is 3. The Hall–Kier alpha value is -2.95. The van der Waals surface area contributed by atoms with Crippen LogP contribution < -0.4 is 15.5 Å². The van der Waals surface area contributed by atoms with Gasteiger partial charge in [0.15, 0.2) is 0 Å². The van der Waals surface area contributed by atoms with Crippen molar-refractivity contribution in [2.45, 2.75) is 26.3 Å². The minimum absolute atomic E-state index is 0.379. The van der Waals surface area contributed by atoms with Crippen LogP contribution in [-0.4, -0.2) is 41.3 Å². The summed E-state index contributed by atoms with van der Waals surface area (Å²) in [5.41, 5.74) is 1.86. The average Bonchev–Trinajstić information content (AvgIpc) is 3.52. The molecule has 1 aliphatic rings. The van der Waals surface area contributed by atoms with Crippen LogP contribution in [-0.2, 0) is 11.3 Å². The maximum absolute atomic E-state index is 11.5. The number of furan rings is 1. The summed E-state index contributed by atoms with van der Waals surface area (Å²) >= 11 is 2.63. The molecular formula is C24H27N5O3S2. The largest absolute Gasteiger partial charge is 0.460 e. The van der Waals surface area contributed by atoms with Crippen LogP contribution in [0.2, 0.25) is 0 Å². The minimum Gasteiger partial charge on any atom is -0.460 e. The van der Waals surface area contributed by atoms with Gasteiger partial charge in [0.2, 0.25) is 12.4 Å². The molecule has 34 heavy (non-hydrogen) atoms. The molecule has 3 aromatic rings. The molecule has 3 aromatic heterocycles. The number of anilines is 1. The monoisotopic (exact) mass is 497 g/mol. The van der Waals surface area contributed by atoms with E-state index in [1.807, 2.05) is 18.2 Å². The molecule has 0 radical (unpaired) electrons. The van der Waals surface area contributed by atoms with Crippen molar-refractivity contribution in [1.82, 2.24) is 20.6 Å². The smallest absolute Gasteiger partial charge is 0.289 e. The third kappa shape index (κ3) is 6.78. The van der Waals surface area contributed by atoms with Crippen LogP contribution in [0.3, 0.4) is 0 Å². The number of carbonyl (C=O) groups is 2. The van der Waals surface area contributed by atoms with Gasteiger partial charge in [-0.3, -0.25) is 14.9 Å². The highest BCUT2D eigenvalue weighted by molar-refractivity contribution is 8.17. The molecule has 0 aliphatic carbocycles. The molecule has 1 aliphatic heterocycles. The Morgan fingerprint density at radius 3 is 2.91 bits per heavy atom. The van der Waals surface area contributed by atoms with Gasteiger partial charge in [0.05, 0.1) is 12.2 Å². The predicted molar refractivity (Wildman–Crippen MR) is 137 cm³/mol. The summed E-state index contributed by atoms with van der Waals surface area (Å²) in [6.45, 7) is 5.28. The van der Waals surface area contributed by atoms with Gasteiger partial charge < -0.3 is 14.6 Å². The molecule has 0 aromatic carbocycles. The summed E-state index contributed by atoms with van der Waals surface area (Å²) in [6.07, 6.45) is 6.06. The maximum atomic E-state index is 11.5. The van der Waals surface area contributed by atoms with Crippen molar-refractivity contribution >= 4 is 46.8 Å². The second-order valence-electron chi connectivity index (χ2n) is 8.03. The minimum atomic E-state index is -0.413. The van der Waals surface area contributed by atoms with E-state index in [2.05, 4.69) is 42.3 Å². The van der Waals surface area contributed by atoms with E-state index < -0.39 is 5.24 Å². The highest BCUT2D eigenvalue weighted by atomic mass is 32.2. The molecule has 4 rings (SSSR count). The van der Waals surface area contributed by atoms with Crippen LogP contribution in [0.15, 0.2) is 50.5 Å². The number of allylic oxidation sites excluding steroid dienone is 1. The van der Waals surface area contributed by atoms with Crippen molar-refractivity contribution < 1.29 is 14.0 Å². The van der Waals surface area contributed by atoms with Gasteiger partial charge >= 0.3 is 0 Å². The third-order valence-corrected chi connectivity index (χ3v) is 6.97. The molecule has 8 nitrogen and oxygen atoms in total. The fourth-order valence-corrected chi connectivity index (χ4v) is 5.05. The zero-order valence-corrected chi connectivity index (χ0v) is 20.5. The standard InChI is InChI=1S/C24H27N5O3S2/c1-17(34-24(31)27-16-30)12-20-4-8-26-23(28-20)29-9-5-18(6-10-29)13-25-14-21-2-3-22(32-21)19-7-11-33-15-19/h2-4,7-8,11-12,15-16,18,25H,5-6,9-10,13-14H2,1H3,(H,27,30,31)/b17-12-. The van der Waals surface area contributed by atoms with Gasteiger partial charge in [-0.15, -0.1) is 0 Å². The van der Waals surface area contributed by atoms with Gasteiger partial charge in [-0.2, -0.15) is 11.3 Å². The zero-order chi connectivity index (χ0) is 23.8. The van der Waals surface area contributed by atoms with Gasteiger partial charge in [0.25, 0.3) is 5.24 Å². The lowest BCUT2D eigenvalue weighted by Crippen LogP contribution is -2.38. The van der Waals surface area contributed by atoms with Gasteiger partial charge in [0.1, 0.15) is 11.5 Å². The summed E-state index contributed by atoms with van der Waals surface area (Å²) < 4.78 is 5.94. The molecule has 0 atom stereocenters. The van der Waals surface area contributed by atoms with E-state index in [4.69, 9.17) is 4.42 Å². The van der Waals surface area contributed by atoms with Crippen molar-refractivity contribution in [2.75, 3.05) is 24.5 Å². The summed E-state index contributed by atoms with van der Waals surface area (Å²) in [5, 5.41) is 9.38. The first kappa shape index (κ1) is 24.2. The Kier molecular flexibility index (Phi) is 8.51. The van der Waals surface area contributed by atoms with Crippen molar-refractivity contribution in [1.29, 1.82) is 0 Å². The molecule has 0 saturated carbocycles. The summed E-state index contributed by atoms with van der Waals surface area (Å²) in [5.74, 6) is 3.17. The molecule has 0 spiro atoms. The van der Waals surface area contributed by atoms with E-state index in [0.29, 0.717) is 18.3 Å². The number of hydrogen-bond acceptors (Lipinski definition) is 9. The number of thiophene rings is 1. The number of aromatic nitrogens is 2. The Morgan fingerprint density at radius 2 is 2.15 bits per heavy atom. The van der Waals surface area contributed by atoms with Gasteiger partial charge in [0, 0.05) is 30.2 Å². The zero-order valence-electron chi connectivity index (χ0n) is 18.9. The number of hydrogen-bond donors (Lipinski definition) is 2. The molecule has 2 amide bonds. The normalized spacial score (nSPS) is 14.9. The van der Waals surface area contributed by atoms with Crippen LogP contribution in [0.4, 0.5) is 10.7 Å². The molecular weight excluding hydrogens is 470 g/mol. The Labute approximate surface area is 206 Å². The van der Waals surface area contributed by atoms with E-state index in [0.717, 1.165) is 78.5 Å². The van der Waals surface area contributed by atoms with Crippen LogP contribution >= 0.6 is 23.1 Å². The van der Waals surface area contributed by atoms with Crippen molar-refractivity contribution in [3.63, 3.8) is 0 Å². The number of thioether (sulfide) groups is 1. The SMILES string of the molecule is C/C(=C/c1ccnc(N2CCC(CNCc3ccc(-c4ccsc4)o3)CC2)n1)SC(=O)NC=O. The number of piperidine rings is 1. The van der Waals surface area contributed by atoms with Gasteiger partial charge in [-0.05, 0) is 84.6 Å². The lowest BCUT2D eigenvalue weighted by Gasteiger charge is -2.32. The van der Waals surface area contributed by atoms with Gasteiger partial charge in [-0.25, -0.2) is 9.97 Å². The number of imide groups is 1. The molecule has 0 bridgehead atoms. The first-order chi connectivity index (χ1) is 16.6. The van der Waals surface area contributed by atoms with E-state index in [-0.39, 0.29) is 0 Å². The average molecular weight is 498 g/mol. The lowest BCUT2D eigenvalue weighted by atomic mass is 9.97. The van der Waals surface area contributed by atoms with Gasteiger partial charge in [-0.1, -0.05) is 0 Å². The van der Waals surface area contributed by atoms with Crippen molar-refractivity contribution in [3.8, 4) is 11.3 Å². The topological polar surface area (TPSA) is 100 Å². The molecule has 10 heteroatoms. The van der Waals surface area contributed by atoms with E-state index in [1.165, 1.54) is 0 Å². The molecule has 178 valence electrons. The summed E-state index contributed by atoms with van der Waals surface area (Å²) in [6, 6.07) is 7.94. The van der Waals surface area contributed by atoms with Crippen LogP contribution in [0, 0.1) is 5.92 Å². The fraction of sp³-hybridized carbons (Fsp3) is 0.333. The number of amides is 2. The second kappa shape index (κ2) is 12.0. The Bertz CT molecular complexity index is 1120. The molecule has 2 N–H and O–H groups in total. The first-order valence-corrected chi connectivity index (χ1v) is 12.9. The number of nitrogens with one attached hydrogen (secondary N) is 2. The first-order valence-electron chi connectivity index (χ1n) is 11.1. The Balaban J connectivity index is 1.22. The fourth-order valence-electron chi connectivity index (χ4n) is 3.83. The quantitative estimate of drug-likeness (QED) is 0.408. The molecule has 1 fully saturated rings. The van der Waals surface area contributed by atoms with Crippen LogP contribution in [0.5, 0.6) is 0 Å².